The maximum Gasteiger partial charge on any atom is 0.260 e. The van der Waals surface area contributed by atoms with Crippen LogP contribution in [0.1, 0.15) is 15.9 Å². The number of methoxy groups -OCH3 is 1. The van der Waals surface area contributed by atoms with Crippen LogP contribution in [0.2, 0.25) is 0 Å². The second kappa shape index (κ2) is 6.03. The summed E-state index contributed by atoms with van der Waals surface area (Å²) in [7, 11) is 1.42. The summed E-state index contributed by atoms with van der Waals surface area (Å²) in [6.07, 6.45) is 1.58. The number of amides is 1. The van der Waals surface area contributed by atoms with Crippen LogP contribution in [0.15, 0.2) is 36.5 Å². The lowest BCUT2D eigenvalue weighted by Gasteiger charge is -2.09. The van der Waals surface area contributed by atoms with Crippen LogP contribution in [0.3, 0.4) is 0 Å². The fraction of sp³-hybridized carbons (Fsp3) is 0.143. The molecule has 0 fully saturated rings. The number of ether oxygens (including phenoxy) is 1. The summed E-state index contributed by atoms with van der Waals surface area (Å²) in [6.45, 7) is 0.387. The van der Waals surface area contributed by atoms with E-state index in [1.165, 1.54) is 13.2 Å². The highest BCUT2D eigenvalue weighted by Crippen LogP contribution is 2.29. The molecule has 6 heteroatoms. The molecule has 20 heavy (non-hydrogen) atoms. The molecule has 2 aromatic rings. The lowest BCUT2D eigenvalue weighted by Crippen LogP contribution is -2.13. The average molecular weight is 273 g/mol. The van der Waals surface area contributed by atoms with Gasteiger partial charge in [0, 0.05) is 12.7 Å². The number of aromatic nitrogens is 1. The Morgan fingerprint density at radius 1 is 1.40 bits per heavy atom. The van der Waals surface area contributed by atoms with Crippen molar-refractivity contribution in [1.82, 2.24) is 4.98 Å². The molecule has 4 N–H and O–H groups in total. The standard InChI is InChI=1S/C14H15N3O3/c1-20-11-4-2-3-10(13(11)18)14(19)17-12-6-5-9(7-15)8-16-12/h2-6,8,18H,7,15H2,1H3,(H,16,17,19). The van der Waals surface area contributed by atoms with Gasteiger partial charge in [0.2, 0.25) is 0 Å². The number of benzene rings is 1. The van der Waals surface area contributed by atoms with Gasteiger partial charge in [-0.3, -0.25) is 4.79 Å². The van der Waals surface area contributed by atoms with Gasteiger partial charge in [-0.15, -0.1) is 0 Å². The Morgan fingerprint density at radius 2 is 2.20 bits per heavy atom. The summed E-state index contributed by atoms with van der Waals surface area (Å²) in [5.41, 5.74) is 6.46. The largest absolute Gasteiger partial charge is 0.504 e. The van der Waals surface area contributed by atoms with E-state index in [0.717, 1.165) is 5.56 Å². The van der Waals surface area contributed by atoms with Gasteiger partial charge in [-0.1, -0.05) is 12.1 Å². The first kappa shape index (κ1) is 13.8. The van der Waals surface area contributed by atoms with Gasteiger partial charge in [0.15, 0.2) is 11.5 Å². The third-order valence-electron chi connectivity index (χ3n) is 2.77. The molecule has 0 radical (unpaired) electrons. The minimum absolute atomic E-state index is 0.119. The SMILES string of the molecule is COc1cccc(C(=O)Nc2ccc(CN)cn2)c1O. The number of hydrogen-bond donors (Lipinski definition) is 3. The minimum Gasteiger partial charge on any atom is -0.504 e. The number of para-hydroxylation sites is 1. The third-order valence-corrected chi connectivity index (χ3v) is 2.77. The smallest absolute Gasteiger partial charge is 0.260 e. The van der Waals surface area contributed by atoms with E-state index in [2.05, 4.69) is 10.3 Å². The zero-order valence-electron chi connectivity index (χ0n) is 11.0. The zero-order valence-corrected chi connectivity index (χ0v) is 11.0. The van der Waals surface area contributed by atoms with E-state index in [4.69, 9.17) is 10.5 Å². The summed E-state index contributed by atoms with van der Waals surface area (Å²) in [6, 6.07) is 8.12. The highest BCUT2D eigenvalue weighted by Gasteiger charge is 2.15. The second-order valence-corrected chi connectivity index (χ2v) is 4.07. The molecule has 1 heterocycles. The third kappa shape index (κ3) is 2.86. The monoisotopic (exact) mass is 273 g/mol. The van der Waals surface area contributed by atoms with E-state index >= 15 is 0 Å². The molecule has 6 nitrogen and oxygen atoms in total. The summed E-state index contributed by atoms with van der Waals surface area (Å²) in [5, 5.41) is 12.5. The van der Waals surface area contributed by atoms with Gasteiger partial charge in [0.1, 0.15) is 5.82 Å². The number of phenolic OH excluding ortho intramolecular Hbond substituents is 1. The van der Waals surface area contributed by atoms with Gasteiger partial charge in [-0.25, -0.2) is 4.98 Å². The van der Waals surface area contributed by atoms with Crippen molar-refractivity contribution < 1.29 is 14.6 Å². The maximum atomic E-state index is 12.1. The van der Waals surface area contributed by atoms with E-state index in [1.54, 1.807) is 30.5 Å². The summed E-state index contributed by atoms with van der Waals surface area (Å²) in [5.74, 6) is -0.0426. The fourth-order valence-corrected chi connectivity index (χ4v) is 1.67. The summed E-state index contributed by atoms with van der Waals surface area (Å²) < 4.78 is 4.96. The van der Waals surface area contributed by atoms with E-state index in [1.807, 2.05) is 0 Å². The first-order chi connectivity index (χ1) is 9.65. The number of nitrogens with two attached hydrogens (primary N) is 1. The molecule has 0 spiro atoms. The number of carbonyl (C=O) groups excluding carboxylic acids is 1. The van der Waals surface area contributed by atoms with Crippen LogP contribution in [-0.2, 0) is 6.54 Å². The molecule has 0 aliphatic heterocycles. The Bertz CT molecular complexity index is 612. The van der Waals surface area contributed by atoms with Gasteiger partial charge >= 0.3 is 0 Å². The highest BCUT2D eigenvalue weighted by molar-refractivity contribution is 6.06. The van der Waals surface area contributed by atoms with Crippen molar-refractivity contribution in [3.8, 4) is 11.5 Å². The van der Waals surface area contributed by atoms with Crippen molar-refractivity contribution in [3.63, 3.8) is 0 Å². The number of phenols is 1. The number of pyridine rings is 1. The summed E-state index contributed by atoms with van der Waals surface area (Å²) >= 11 is 0. The number of nitrogens with one attached hydrogen (secondary N) is 1. The van der Waals surface area contributed by atoms with Crippen molar-refractivity contribution in [1.29, 1.82) is 0 Å². The molecule has 0 unspecified atom stereocenters. The fourth-order valence-electron chi connectivity index (χ4n) is 1.67. The van der Waals surface area contributed by atoms with Crippen molar-refractivity contribution >= 4 is 11.7 Å². The molecule has 1 aromatic heterocycles. The Kier molecular flexibility index (Phi) is 4.17. The Morgan fingerprint density at radius 3 is 2.80 bits per heavy atom. The van der Waals surface area contributed by atoms with E-state index < -0.39 is 5.91 Å². The van der Waals surface area contributed by atoms with Crippen LogP contribution >= 0.6 is 0 Å². The van der Waals surface area contributed by atoms with Gasteiger partial charge in [0.25, 0.3) is 5.91 Å². The van der Waals surface area contributed by atoms with Crippen molar-refractivity contribution in [3.05, 3.63) is 47.7 Å². The molecule has 2 rings (SSSR count). The second-order valence-electron chi connectivity index (χ2n) is 4.07. The molecular formula is C14H15N3O3. The Labute approximate surface area is 116 Å². The number of carbonyl (C=O) groups is 1. The van der Waals surface area contributed by atoms with Crippen molar-refractivity contribution in [2.24, 2.45) is 5.73 Å². The first-order valence-corrected chi connectivity index (χ1v) is 5.98. The van der Waals surface area contributed by atoms with Crippen LogP contribution in [0.4, 0.5) is 5.82 Å². The molecule has 1 aromatic carbocycles. The molecule has 104 valence electrons. The lowest BCUT2D eigenvalue weighted by atomic mass is 10.1. The van der Waals surface area contributed by atoms with Crippen LogP contribution in [-0.4, -0.2) is 23.1 Å². The predicted octanol–water partition coefficient (Wildman–Crippen LogP) is 1.51. The molecule has 0 bridgehead atoms. The predicted molar refractivity (Wildman–Crippen MR) is 74.7 cm³/mol. The first-order valence-electron chi connectivity index (χ1n) is 5.98. The molecule has 0 saturated carbocycles. The van der Waals surface area contributed by atoms with Gasteiger partial charge in [-0.2, -0.15) is 0 Å². The number of rotatable bonds is 4. The average Bonchev–Trinajstić information content (AvgIpc) is 2.48. The maximum absolute atomic E-state index is 12.1. The number of aromatic hydroxyl groups is 1. The van der Waals surface area contributed by atoms with Crippen LogP contribution in [0.25, 0.3) is 0 Å². The van der Waals surface area contributed by atoms with Gasteiger partial charge in [-0.05, 0) is 23.8 Å². The van der Waals surface area contributed by atoms with Gasteiger partial charge < -0.3 is 20.9 Å². The Hall–Kier alpha value is -2.60. The zero-order chi connectivity index (χ0) is 14.5. The normalized spacial score (nSPS) is 10.1. The van der Waals surface area contributed by atoms with E-state index in [9.17, 15) is 9.90 Å². The Balaban J connectivity index is 2.19. The minimum atomic E-state index is -0.464. The molecule has 0 atom stereocenters. The number of nitrogens with zero attached hydrogens (tertiary/aromatic N) is 1. The molecule has 0 aliphatic carbocycles. The quantitative estimate of drug-likeness (QED) is 0.784. The molecule has 0 aliphatic rings. The molecular weight excluding hydrogens is 258 g/mol. The molecule has 1 amide bonds. The van der Waals surface area contributed by atoms with Crippen LogP contribution in [0, 0.1) is 0 Å². The van der Waals surface area contributed by atoms with Crippen molar-refractivity contribution in [2.45, 2.75) is 6.54 Å². The van der Waals surface area contributed by atoms with E-state index in [0.29, 0.717) is 12.4 Å². The number of hydrogen-bond acceptors (Lipinski definition) is 5. The van der Waals surface area contributed by atoms with Crippen molar-refractivity contribution in [2.75, 3.05) is 12.4 Å². The lowest BCUT2D eigenvalue weighted by molar-refractivity contribution is 0.102. The summed E-state index contributed by atoms with van der Waals surface area (Å²) in [4.78, 5) is 16.1. The van der Waals surface area contributed by atoms with Crippen LogP contribution in [0.5, 0.6) is 11.5 Å². The molecule has 0 saturated heterocycles. The number of anilines is 1. The van der Waals surface area contributed by atoms with E-state index in [-0.39, 0.29) is 17.1 Å². The topological polar surface area (TPSA) is 97.5 Å². The van der Waals surface area contributed by atoms with Gasteiger partial charge in [0.05, 0.1) is 12.7 Å². The van der Waals surface area contributed by atoms with Crippen LogP contribution < -0.4 is 15.8 Å². The highest BCUT2D eigenvalue weighted by atomic mass is 16.5.